The molecule has 19 heavy (non-hydrogen) atoms. The normalized spacial score (nSPS) is 17.3. The minimum absolute atomic E-state index is 0.124. The molecule has 1 atom stereocenters. The Morgan fingerprint density at radius 2 is 2.11 bits per heavy atom. The van der Waals surface area contributed by atoms with Crippen LogP contribution in [0.2, 0.25) is 0 Å². The van der Waals surface area contributed by atoms with Gasteiger partial charge in [0.05, 0.1) is 4.90 Å². The first-order valence-corrected chi connectivity index (χ1v) is 8.09. The maximum Gasteiger partial charge on any atom is 0.297 e. The average molecular weight is 300 g/mol. The summed E-state index contributed by atoms with van der Waals surface area (Å²) in [5.41, 5.74) is 7.44. The largest absolute Gasteiger partial charge is 0.328 e. The summed E-state index contributed by atoms with van der Waals surface area (Å²) in [5, 5.41) is 1.84. The lowest BCUT2D eigenvalue weighted by molar-refractivity contribution is 0.250. The number of hydrogen-bond donors (Lipinski definition) is 2. The third-order valence-electron chi connectivity index (χ3n) is 2.75. The minimum Gasteiger partial charge on any atom is -0.328 e. The Balaban J connectivity index is 2.17. The van der Waals surface area contributed by atoms with Crippen molar-refractivity contribution in [2.75, 3.05) is 13.1 Å². The van der Waals surface area contributed by atoms with Crippen LogP contribution in [0.4, 0.5) is 0 Å². The molecule has 0 fully saturated rings. The molecule has 104 valence electrons. The predicted octanol–water partition coefficient (Wildman–Crippen LogP) is 1.16. The van der Waals surface area contributed by atoms with E-state index >= 15 is 0 Å². The molecule has 0 saturated heterocycles. The number of nitrogens with one attached hydrogen (secondary N) is 1. The number of nitrogens with two attached hydrogens (primary N) is 1. The Morgan fingerprint density at radius 1 is 1.42 bits per heavy atom. The molecular formula is C12H16N2O3S2. The van der Waals surface area contributed by atoms with Crippen molar-refractivity contribution in [2.24, 2.45) is 5.73 Å². The summed E-state index contributed by atoms with van der Waals surface area (Å²) in [6.45, 7) is 2.60. The molecule has 1 aromatic rings. The lowest BCUT2D eigenvalue weighted by atomic mass is 10.2. The molecule has 1 aromatic carbocycles. The fourth-order valence-electron chi connectivity index (χ4n) is 1.64. The summed E-state index contributed by atoms with van der Waals surface area (Å²) in [4.78, 5) is 0.149. The zero-order valence-corrected chi connectivity index (χ0v) is 12.1. The quantitative estimate of drug-likeness (QED) is 0.627. The van der Waals surface area contributed by atoms with Gasteiger partial charge >= 0.3 is 0 Å². The summed E-state index contributed by atoms with van der Waals surface area (Å²) in [7, 11) is -3.78. The van der Waals surface area contributed by atoms with Crippen molar-refractivity contribution in [2.45, 2.75) is 17.9 Å². The van der Waals surface area contributed by atoms with Crippen molar-refractivity contribution in [1.82, 2.24) is 4.72 Å². The van der Waals surface area contributed by atoms with E-state index in [4.69, 9.17) is 9.92 Å². The van der Waals surface area contributed by atoms with Crippen molar-refractivity contribution in [3.63, 3.8) is 0 Å². The van der Waals surface area contributed by atoms with Crippen LogP contribution in [0.1, 0.15) is 5.56 Å². The highest BCUT2D eigenvalue weighted by molar-refractivity contribution is 8.00. The van der Waals surface area contributed by atoms with E-state index < -0.39 is 16.2 Å². The van der Waals surface area contributed by atoms with Crippen molar-refractivity contribution in [1.29, 1.82) is 0 Å². The van der Waals surface area contributed by atoms with E-state index in [-0.39, 0.29) is 11.4 Å². The summed E-state index contributed by atoms with van der Waals surface area (Å²) in [6.07, 6.45) is -0.617. The van der Waals surface area contributed by atoms with E-state index in [0.717, 1.165) is 11.1 Å². The third-order valence-corrected chi connectivity index (χ3v) is 4.82. The van der Waals surface area contributed by atoms with Crippen LogP contribution < -0.4 is 10.5 Å². The molecule has 1 aliphatic rings. The summed E-state index contributed by atoms with van der Waals surface area (Å²) >= 11 is 1.41. The molecule has 5 nitrogen and oxygen atoms in total. The van der Waals surface area contributed by atoms with Crippen LogP contribution in [-0.2, 0) is 14.3 Å². The van der Waals surface area contributed by atoms with Gasteiger partial charge in [-0.3, -0.25) is 8.91 Å². The molecule has 1 heterocycles. The molecule has 0 aromatic heterocycles. The van der Waals surface area contributed by atoms with Crippen LogP contribution in [0.15, 0.2) is 40.1 Å². The highest BCUT2D eigenvalue weighted by Crippen LogP contribution is 2.21. The number of benzene rings is 1. The van der Waals surface area contributed by atoms with Gasteiger partial charge in [0.2, 0.25) is 0 Å². The fourth-order valence-corrected chi connectivity index (χ4v) is 3.45. The smallest absolute Gasteiger partial charge is 0.297 e. The average Bonchev–Trinajstić information content (AvgIpc) is 2.90. The van der Waals surface area contributed by atoms with Crippen molar-refractivity contribution in [3.8, 4) is 0 Å². The summed E-state index contributed by atoms with van der Waals surface area (Å²) in [5.74, 6) is 0. The zero-order valence-electron chi connectivity index (χ0n) is 10.5. The van der Waals surface area contributed by atoms with Gasteiger partial charge in [0, 0.05) is 13.1 Å². The molecular weight excluding hydrogens is 284 g/mol. The molecule has 1 aliphatic heterocycles. The first-order chi connectivity index (χ1) is 9.03. The molecule has 0 saturated carbocycles. The highest BCUT2D eigenvalue weighted by Gasteiger charge is 2.25. The molecule has 3 N–H and O–H groups in total. The molecule has 0 bridgehead atoms. The second-order valence-corrected chi connectivity index (χ2v) is 6.55. The molecule has 0 radical (unpaired) electrons. The molecule has 0 spiro atoms. The number of hydrogen-bond acceptors (Lipinski definition) is 6. The highest BCUT2D eigenvalue weighted by atomic mass is 32.2. The first-order valence-electron chi connectivity index (χ1n) is 5.80. The lowest BCUT2D eigenvalue weighted by Crippen LogP contribution is -2.30. The Morgan fingerprint density at radius 3 is 2.63 bits per heavy atom. The van der Waals surface area contributed by atoms with Gasteiger partial charge in [0.15, 0.2) is 0 Å². The van der Waals surface area contributed by atoms with E-state index in [1.165, 1.54) is 24.1 Å². The van der Waals surface area contributed by atoms with Gasteiger partial charge in [0.25, 0.3) is 10.1 Å². The van der Waals surface area contributed by atoms with E-state index in [2.05, 4.69) is 4.72 Å². The molecule has 0 amide bonds. The van der Waals surface area contributed by atoms with Crippen LogP contribution in [0.3, 0.4) is 0 Å². The number of rotatable bonds is 5. The zero-order chi connectivity index (χ0) is 13.9. The maximum absolute atomic E-state index is 12.1. The standard InChI is InChI=1S/C12H16N2O3S2/c1-9-2-4-11(5-3-9)19(15,16)17-12(6-13)10-7-14-18-8-10/h2-5,8,12,14H,6-7,13H2,1H3. The van der Waals surface area contributed by atoms with Crippen LogP contribution in [0, 0.1) is 6.92 Å². The summed E-state index contributed by atoms with van der Waals surface area (Å²) < 4.78 is 32.5. The Hall–Kier alpha value is -0.860. The minimum atomic E-state index is -3.78. The van der Waals surface area contributed by atoms with Crippen molar-refractivity contribution < 1.29 is 12.6 Å². The van der Waals surface area contributed by atoms with Crippen LogP contribution in [0.5, 0.6) is 0 Å². The maximum atomic E-state index is 12.1. The Bertz CT molecular complexity index is 567. The third kappa shape index (κ3) is 3.58. The van der Waals surface area contributed by atoms with Crippen molar-refractivity contribution in [3.05, 3.63) is 40.8 Å². The Kier molecular flexibility index (Phi) is 4.64. The SMILES string of the molecule is Cc1ccc(S(=O)(=O)OC(CN)C2=CSNC2)cc1. The summed E-state index contributed by atoms with van der Waals surface area (Å²) in [6, 6.07) is 6.54. The van der Waals surface area contributed by atoms with E-state index in [9.17, 15) is 8.42 Å². The fraction of sp³-hybridized carbons (Fsp3) is 0.333. The van der Waals surface area contributed by atoms with E-state index in [1.54, 1.807) is 12.1 Å². The molecule has 2 rings (SSSR count). The predicted molar refractivity (Wildman–Crippen MR) is 76.0 cm³/mol. The van der Waals surface area contributed by atoms with Crippen LogP contribution in [-0.4, -0.2) is 27.6 Å². The van der Waals surface area contributed by atoms with Gasteiger partial charge in [-0.15, -0.1) is 0 Å². The Labute approximate surface area is 117 Å². The van der Waals surface area contributed by atoms with Gasteiger partial charge in [-0.25, -0.2) is 0 Å². The van der Waals surface area contributed by atoms with Crippen LogP contribution in [0.25, 0.3) is 0 Å². The van der Waals surface area contributed by atoms with Gasteiger partial charge in [-0.1, -0.05) is 29.6 Å². The van der Waals surface area contributed by atoms with E-state index in [1.807, 2.05) is 12.3 Å². The van der Waals surface area contributed by atoms with Gasteiger partial charge in [0.1, 0.15) is 6.10 Å². The monoisotopic (exact) mass is 300 g/mol. The van der Waals surface area contributed by atoms with E-state index in [0.29, 0.717) is 6.54 Å². The van der Waals surface area contributed by atoms with Gasteiger partial charge in [-0.05, 0) is 30.0 Å². The molecule has 0 aliphatic carbocycles. The topological polar surface area (TPSA) is 81.4 Å². The first kappa shape index (κ1) is 14.5. The van der Waals surface area contributed by atoms with Gasteiger partial charge in [-0.2, -0.15) is 8.42 Å². The van der Waals surface area contributed by atoms with Crippen LogP contribution >= 0.6 is 11.9 Å². The molecule has 7 heteroatoms. The second-order valence-electron chi connectivity index (χ2n) is 4.22. The number of aryl methyl sites for hydroxylation is 1. The second kappa shape index (κ2) is 6.06. The van der Waals surface area contributed by atoms with Gasteiger partial charge < -0.3 is 5.73 Å². The molecule has 1 unspecified atom stereocenters. The van der Waals surface area contributed by atoms with Crippen molar-refractivity contribution >= 4 is 22.1 Å². The lowest BCUT2D eigenvalue weighted by Gasteiger charge is -2.16.